The number of H-pyrrole nitrogens is 1. The molecule has 0 spiro atoms. The molecule has 1 unspecified atom stereocenters. The van der Waals surface area contributed by atoms with Gasteiger partial charge in [-0.3, -0.25) is 4.79 Å². The van der Waals surface area contributed by atoms with Crippen LogP contribution in [-0.4, -0.2) is 32.6 Å². The highest BCUT2D eigenvalue weighted by molar-refractivity contribution is 6.36. The van der Waals surface area contributed by atoms with Gasteiger partial charge in [-0.05, 0) is 24.1 Å². The molecule has 0 aromatic carbocycles. The SMILES string of the molecule is C[SiH2]C1CCN(c2cc3ccc(=O)[nH]c3cn2)C1. The lowest BCUT2D eigenvalue weighted by atomic mass is 10.2. The number of hydrogen-bond donors (Lipinski definition) is 1. The van der Waals surface area contributed by atoms with Crippen LogP contribution in [0.25, 0.3) is 10.9 Å². The summed E-state index contributed by atoms with van der Waals surface area (Å²) >= 11 is 0. The fourth-order valence-corrected chi connectivity index (χ4v) is 3.75. The van der Waals surface area contributed by atoms with Crippen LogP contribution in [0.15, 0.2) is 29.2 Å². The summed E-state index contributed by atoms with van der Waals surface area (Å²) in [6.45, 7) is 4.66. The van der Waals surface area contributed by atoms with E-state index in [9.17, 15) is 4.79 Å². The Hall–Kier alpha value is -1.62. The first-order valence-corrected chi connectivity index (χ1v) is 8.73. The molecule has 0 saturated carbocycles. The van der Waals surface area contributed by atoms with Crippen LogP contribution >= 0.6 is 0 Å². The molecule has 0 radical (unpaired) electrons. The van der Waals surface area contributed by atoms with E-state index < -0.39 is 0 Å². The van der Waals surface area contributed by atoms with Crippen LogP contribution in [0.3, 0.4) is 0 Å². The number of pyridine rings is 2. The number of aromatic nitrogens is 2. The molecule has 0 amide bonds. The third-order valence-electron chi connectivity index (χ3n) is 3.78. The van der Waals surface area contributed by atoms with Crippen molar-refractivity contribution in [3.63, 3.8) is 0 Å². The maximum atomic E-state index is 11.2. The van der Waals surface area contributed by atoms with Gasteiger partial charge in [-0.2, -0.15) is 0 Å². The third kappa shape index (κ3) is 2.06. The van der Waals surface area contributed by atoms with Crippen molar-refractivity contribution in [2.45, 2.75) is 18.5 Å². The minimum atomic E-state index is -0.0738. The lowest BCUT2D eigenvalue weighted by Crippen LogP contribution is -2.20. The van der Waals surface area contributed by atoms with Crippen molar-refractivity contribution >= 4 is 26.2 Å². The van der Waals surface area contributed by atoms with Crippen LogP contribution in [0, 0.1) is 0 Å². The van der Waals surface area contributed by atoms with Crippen molar-refractivity contribution in [2.75, 3.05) is 18.0 Å². The molecular formula is C13H17N3OSi. The molecule has 2 aromatic rings. The van der Waals surface area contributed by atoms with Crippen LogP contribution in [0.4, 0.5) is 5.82 Å². The molecule has 5 heteroatoms. The van der Waals surface area contributed by atoms with Crippen molar-refractivity contribution in [1.82, 2.24) is 9.97 Å². The van der Waals surface area contributed by atoms with E-state index in [1.54, 1.807) is 12.3 Å². The van der Waals surface area contributed by atoms with Gasteiger partial charge < -0.3 is 9.88 Å². The maximum absolute atomic E-state index is 11.2. The van der Waals surface area contributed by atoms with Crippen molar-refractivity contribution in [3.05, 3.63) is 34.7 Å². The fraction of sp³-hybridized carbons (Fsp3) is 0.385. The van der Waals surface area contributed by atoms with Gasteiger partial charge in [-0.25, -0.2) is 4.98 Å². The molecule has 3 heterocycles. The van der Waals surface area contributed by atoms with E-state index in [0.29, 0.717) is 0 Å². The quantitative estimate of drug-likeness (QED) is 0.823. The molecule has 1 atom stereocenters. The van der Waals surface area contributed by atoms with Gasteiger partial charge in [0.05, 0.1) is 11.7 Å². The van der Waals surface area contributed by atoms with Crippen LogP contribution in [0.5, 0.6) is 0 Å². The molecule has 4 nitrogen and oxygen atoms in total. The first kappa shape index (κ1) is 11.5. The Morgan fingerprint density at radius 3 is 3.17 bits per heavy atom. The Morgan fingerprint density at radius 2 is 2.39 bits per heavy atom. The number of nitrogens with zero attached hydrogens (tertiary/aromatic N) is 2. The lowest BCUT2D eigenvalue weighted by Gasteiger charge is -2.17. The molecule has 0 bridgehead atoms. The van der Waals surface area contributed by atoms with Gasteiger partial charge in [0.1, 0.15) is 5.82 Å². The summed E-state index contributed by atoms with van der Waals surface area (Å²) < 4.78 is 0. The van der Waals surface area contributed by atoms with Gasteiger partial charge in [0.15, 0.2) is 0 Å². The first-order valence-electron chi connectivity index (χ1n) is 6.50. The second-order valence-electron chi connectivity index (χ2n) is 4.96. The largest absolute Gasteiger partial charge is 0.357 e. The van der Waals surface area contributed by atoms with Crippen LogP contribution in [0.1, 0.15) is 6.42 Å². The van der Waals surface area contributed by atoms with Crippen LogP contribution in [-0.2, 0) is 0 Å². The number of rotatable bonds is 2. The van der Waals surface area contributed by atoms with E-state index in [4.69, 9.17) is 0 Å². The molecule has 0 aliphatic carbocycles. The topological polar surface area (TPSA) is 49.0 Å². The van der Waals surface area contributed by atoms with Gasteiger partial charge in [0.25, 0.3) is 0 Å². The number of nitrogens with one attached hydrogen (secondary N) is 1. The number of aromatic amines is 1. The van der Waals surface area contributed by atoms with Crippen molar-refractivity contribution in [1.29, 1.82) is 0 Å². The summed E-state index contributed by atoms with van der Waals surface area (Å²) in [5.74, 6) is 1.04. The van der Waals surface area contributed by atoms with Gasteiger partial charge in [-0.15, -0.1) is 0 Å². The molecule has 18 heavy (non-hydrogen) atoms. The Morgan fingerprint density at radius 1 is 1.50 bits per heavy atom. The molecule has 94 valence electrons. The lowest BCUT2D eigenvalue weighted by molar-refractivity contribution is 0.930. The molecule has 2 aromatic heterocycles. The van der Waals surface area contributed by atoms with Crippen molar-refractivity contribution in [2.24, 2.45) is 0 Å². The number of anilines is 1. The van der Waals surface area contributed by atoms with Gasteiger partial charge in [0, 0.05) is 34.1 Å². The van der Waals surface area contributed by atoms with E-state index in [0.717, 1.165) is 35.4 Å². The number of hydrogen-bond acceptors (Lipinski definition) is 3. The highest BCUT2D eigenvalue weighted by atomic mass is 28.2. The smallest absolute Gasteiger partial charge is 0.248 e. The third-order valence-corrected chi connectivity index (χ3v) is 5.60. The van der Waals surface area contributed by atoms with Crippen LogP contribution < -0.4 is 10.5 Å². The highest BCUT2D eigenvalue weighted by Gasteiger charge is 2.22. The van der Waals surface area contributed by atoms with Crippen LogP contribution in [0.2, 0.25) is 12.1 Å². The Bertz CT molecular complexity index is 625. The Labute approximate surface area is 108 Å². The number of fused-ring (bicyclic) bond motifs is 1. The predicted octanol–water partition coefficient (Wildman–Crippen LogP) is 1.14. The minimum absolute atomic E-state index is 0.0738. The van der Waals surface area contributed by atoms with E-state index in [1.807, 2.05) is 6.07 Å². The zero-order valence-corrected chi connectivity index (χ0v) is 11.9. The first-order chi connectivity index (χ1) is 8.76. The van der Waals surface area contributed by atoms with Crippen molar-refractivity contribution in [3.8, 4) is 0 Å². The second kappa shape index (κ2) is 4.57. The molecule has 1 aliphatic rings. The molecule has 1 fully saturated rings. The zero-order valence-electron chi connectivity index (χ0n) is 10.5. The monoisotopic (exact) mass is 259 g/mol. The molecule has 3 rings (SSSR count). The van der Waals surface area contributed by atoms with E-state index in [2.05, 4.69) is 27.5 Å². The summed E-state index contributed by atoms with van der Waals surface area (Å²) in [7, 11) is 0.0903. The zero-order chi connectivity index (χ0) is 12.5. The summed E-state index contributed by atoms with van der Waals surface area (Å²) in [4.78, 5) is 20.9. The summed E-state index contributed by atoms with van der Waals surface area (Å²) in [6.07, 6.45) is 3.08. The second-order valence-corrected chi connectivity index (χ2v) is 6.93. The molecular weight excluding hydrogens is 242 g/mol. The summed E-state index contributed by atoms with van der Waals surface area (Å²) in [5, 5.41) is 1.05. The average Bonchev–Trinajstić information content (AvgIpc) is 2.87. The van der Waals surface area contributed by atoms with E-state index in [1.165, 1.54) is 6.42 Å². The summed E-state index contributed by atoms with van der Waals surface area (Å²) in [6, 6.07) is 5.50. The molecule has 1 aliphatic heterocycles. The summed E-state index contributed by atoms with van der Waals surface area (Å²) in [5.41, 5.74) is 1.67. The maximum Gasteiger partial charge on any atom is 0.248 e. The molecule has 1 N–H and O–H groups in total. The predicted molar refractivity (Wildman–Crippen MR) is 77.4 cm³/mol. The van der Waals surface area contributed by atoms with Gasteiger partial charge >= 0.3 is 0 Å². The van der Waals surface area contributed by atoms with Gasteiger partial charge in [-0.1, -0.05) is 6.55 Å². The minimum Gasteiger partial charge on any atom is -0.357 e. The average molecular weight is 259 g/mol. The fourth-order valence-electron chi connectivity index (χ4n) is 2.59. The van der Waals surface area contributed by atoms with E-state index >= 15 is 0 Å². The van der Waals surface area contributed by atoms with E-state index in [-0.39, 0.29) is 15.1 Å². The highest BCUT2D eigenvalue weighted by Crippen LogP contribution is 2.26. The Balaban J connectivity index is 1.94. The Kier molecular flexibility index (Phi) is 2.91. The van der Waals surface area contributed by atoms with Crippen molar-refractivity contribution < 1.29 is 0 Å². The molecule has 1 saturated heterocycles. The normalized spacial score (nSPS) is 20.3. The standard InChI is InChI=1S/C13H17N3OSi/c1-18-10-4-5-16(8-10)12-6-9-2-3-13(17)15-11(9)7-14-12/h2-3,6-7,10H,4-5,8,18H2,1H3,(H,15,17). The van der Waals surface area contributed by atoms with Gasteiger partial charge in [0.2, 0.25) is 5.56 Å².